The van der Waals surface area contributed by atoms with Crippen molar-refractivity contribution in [2.24, 2.45) is 0 Å². The fourth-order valence-corrected chi connectivity index (χ4v) is 1.43. The van der Waals surface area contributed by atoms with Crippen LogP contribution in [0.15, 0.2) is 0 Å². The Balaban J connectivity index is 2.56. The van der Waals surface area contributed by atoms with Gasteiger partial charge in [0.05, 0.1) is 0 Å². The number of carbonyl (C=O) groups is 2. The van der Waals surface area contributed by atoms with E-state index < -0.39 is 18.0 Å². The molecule has 1 rings (SSSR count). The summed E-state index contributed by atoms with van der Waals surface area (Å²) in [5, 5.41) is 10.0. The van der Waals surface area contributed by atoms with Crippen molar-refractivity contribution in [3.05, 3.63) is 0 Å². The van der Waals surface area contributed by atoms with Crippen molar-refractivity contribution in [1.29, 1.82) is 0 Å². The first kappa shape index (κ1) is 9.98. The van der Waals surface area contributed by atoms with Crippen molar-refractivity contribution >= 4 is 11.9 Å². The van der Waals surface area contributed by atoms with Gasteiger partial charge in [-0.3, -0.25) is 9.59 Å². The molecule has 0 bridgehead atoms. The van der Waals surface area contributed by atoms with Crippen molar-refractivity contribution in [3.63, 3.8) is 0 Å². The molecule has 1 saturated heterocycles. The zero-order chi connectivity index (χ0) is 9.84. The van der Waals surface area contributed by atoms with E-state index in [0.717, 1.165) is 12.8 Å². The molecular weight excluding hydrogens is 174 g/mol. The Kier molecular flexibility index (Phi) is 3.25. The van der Waals surface area contributed by atoms with Crippen LogP contribution in [0.1, 0.15) is 26.2 Å². The minimum atomic E-state index is -0.930. The quantitative estimate of drug-likeness (QED) is 0.678. The number of aliphatic carboxylic acids is 1. The van der Waals surface area contributed by atoms with Crippen LogP contribution in [0.5, 0.6) is 0 Å². The van der Waals surface area contributed by atoms with Crippen LogP contribution >= 0.6 is 0 Å². The number of hydrogen-bond donors (Lipinski definition) is 1. The standard InChI is InChI=1S/C8H13NO4/c1-6(10)13-9-5-3-2-4-7(9)8(11)12/h7H,2-5H2,1H3,(H,11,12). The van der Waals surface area contributed by atoms with Crippen LogP contribution in [0.4, 0.5) is 0 Å². The molecule has 1 unspecified atom stereocenters. The van der Waals surface area contributed by atoms with Gasteiger partial charge < -0.3 is 9.94 Å². The van der Waals surface area contributed by atoms with Crippen LogP contribution in [0.25, 0.3) is 0 Å². The summed E-state index contributed by atoms with van der Waals surface area (Å²) in [6.07, 6.45) is 2.29. The Hall–Kier alpha value is -1.10. The van der Waals surface area contributed by atoms with E-state index in [1.54, 1.807) is 0 Å². The van der Waals surface area contributed by atoms with Gasteiger partial charge in [0, 0.05) is 13.5 Å². The highest BCUT2D eigenvalue weighted by Crippen LogP contribution is 2.17. The van der Waals surface area contributed by atoms with Gasteiger partial charge in [0.2, 0.25) is 0 Å². The lowest BCUT2D eigenvalue weighted by molar-refractivity contribution is -0.210. The summed E-state index contributed by atoms with van der Waals surface area (Å²) in [5.74, 6) is -1.39. The van der Waals surface area contributed by atoms with Crippen LogP contribution in [-0.4, -0.2) is 34.7 Å². The monoisotopic (exact) mass is 187 g/mol. The lowest BCUT2D eigenvalue weighted by Gasteiger charge is -2.30. The van der Waals surface area contributed by atoms with E-state index in [2.05, 4.69) is 0 Å². The van der Waals surface area contributed by atoms with Gasteiger partial charge in [-0.1, -0.05) is 0 Å². The molecule has 0 aromatic rings. The summed E-state index contributed by atoms with van der Waals surface area (Å²) in [6.45, 7) is 1.78. The number of carboxylic acids is 1. The molecule has 0 aliphatic carbocycles. The fraction of sp³-hybridized carbons (Fsp3) is 0.750. The van der Waals surface area contributed by atoms with Gasteiger partial charge in [0.1, 0.15) is 6.04 Å². The first-order chi connectivity index (χ1) is 6.11. The Morgan fingerprint density at radius 2 is 2.15 bits per heavy atom. The minimum absolute atomic E-state index is 0.465. The number of hydrogen-bond acceptors (Lipinski definition) is 4. The van der Waals surface area contributed by atoms with Gasteiger partial charge in [-0.2, -0.15) is 0 Å². The van der Waals surface area contributed by atoms with Crippen LogP contribution < -0.4 is 0 Å². The average molecular weight is 187 g/mol. The zero-order valence-corrected chi connectivity index (χ0v) is 7.52. The van der Waals surface area contributed by atoms with E-state index in [-0.39, 0.29) is 0 Å². The smallest absolute Gasteiger partial charge is 0.324 e. The maximum Gasteiger partial charge on any atom is 0.324 e. The van der Waals surface area contributed by atoms with Crippen molar-refractivity contribution in [3.8, 4) is 0 Å². The van der Waals surface area contributed by atoms with E-state index in [1.807, 2.05) is 0 Å². The molecule has 0 amide bonds. The van der Waals surface area contributed by atoms with Gasteiger partial charge in [0.15, 0.2) is 0 Å². The maximum atomic E-state index is 10.7. The predicted molar refractivity (Wildman–Crippen MR) is 43.7 cm³/mol. The van der Waals surface area contributed by atoms with Crippen LogP contribution in [0, 0.1) is 0 Å². The van der Waals surface area contributed by atoms with Crippen molar-refractivity contribution in [1.82, 2.24) is 5.06 Å². The first-order valence-corrected chi connectivity index (χ1v) is 4.29. The van der Waals surface area contributed by atoms with E-state index in [9.17, 15) is 9.59 Å². The minimum Gasteiger partial charge on any atom is -0.480 e. The molecule has 1 fully saturated rings. The first-order valence-electron chi connectivity index (χ1n) is 4.29. The van der Waals surface area contributed by atoms with E-state index in [1.165, 1.54) is 12.0 Å². The maximum absolute atomic E-state index is 10.7. The normalized spacial score (nSPS) is 23.9. The summed E-state index contributed by atoms with van der Waals surface area (Å²) in [5.41, 5.74) is 0. The van der Waals surface area contributed by atoms with Crippen LogP contribution in [0.2, 0.25) is 0 Å². The van der Waals surface area contributed by atoms with Gasteiger partial charge >= 0.3 is 11.9 Å². The molecule has 1 aliphatic heterocycles. The molecule has 0 spiro atoms. The fourth-order valence-electron chi connectivity index (χ4n) is 1.43. The molecule has 0 radical (unpaired) electrons. The Bertz CT molecular complexity index is 216. The molecule has 1 heterocycles. The molecule has 13 heavy (non-hydrogen) atoms. The van der Waals surface area contributed by atoms with E-state index in [0.29, 0.717) is 13.0 Å². The number of hydroxylamine groups is 2. The highest BCUT2D eigenvalue weighted by atomic mass is 16.7. The number of rotatable bonds is 2. The number of carboxylic acid groups (broad SMARTS) is 1. The summed E-state index contributed by atoms with van der Waals surface area (Å²) in [6, 6.07) is -0.669. The number of carbonyl (C=O) groups excluding carboxylic acids is 1. The summed E-state index contributed by atoms with van der Waals surface area (Å²) >= 11 is 0. The summed E-state index contributed by atoms with van der Waals surface area (Å²) in [7, 11) is 0. The topological polar surface area (TPSA) is 66.8 Å². The highest BCUT2D eigenvalue weighted by molar-refractivity contribution is 5.74. The molecule has 5 heteroatoms. The van der Waals surface area contributed by atoms with Crippen LogP contribution in [0.3, 0.4) is 0 Å². The number of nitrogens with zero attached hydrogens (tertiary/aromatic N) is 1. The van der Waals surface area contributed by atoms with E-state index in [4.69, 9.17) is 9.94 Å². The Morgan fingerprint density at radius 1 is 1.46 bits per heavy atom. The highest BCUT2D eigenvalue weighted by Gasteiger charge is 2.30. The van der Waals surface area contributed by atoms with Gasteiger partial charge in [-0.25, -0.2) is 0 Å². The molecular formula is C8H13NO4. The van der Waals surface area contributed by atoms with Crippen molar-refractivity contribution in [2.75, 3.05) is 6.54 Å². The van der Waals surface area contributed by atoms with Crippen molar-refractivity contribution < 1.29 is 19.5 Å². The predicted octanol–water partition coefficient (Wildman–Crippen LogP) is 0.404. The second-order valence-electron chi connectivity index (χ2n) is 3.07. The zero-order valence-electron chi connectivity index (χ0n) is 7.52. The number of piperidine rings is 1. The Labute approximate surface area is 76.2 Å². The molecule has 0 aromatic carbocycles. The molecule has 0 saturated carbocycles. The molecule has 74 valence electrons. The summed E-state index contributed by atoms with van der Waals surface area (Å²) in [4.78, 5) is 26.1. The third kappa shape index (κ3) is 2.69. The third-order valence-electron chi connectivity index (χ3n) is 1.98. The van der Waals surface area contributed by atoms with E-state index >= 15 is 0 Å². The van der Waals surface area contributed by atoms with Gasteiger partial charge in [-0.15, -0.1) is 5.06 Å². The largest absolute Gasteiger partial charge is 0.480 e. The summed E-state index contributed by atoms with van der Waals surface area (Å²) < 4.78 is 0. The average Bonchev–Trinajstić information content (AvgIpc) is 2.03. The lowest BCUT2D eigenvalue weighted by Crippen LogP contribution is -2.45. The molecule has 1 aliphatic rings. The van der Waals surface area contributed by atoms with Gasteiger partial charge in [0.25, 0.3) is 0 Å². The SMILES string of the molecule is CC(=O)ON1CCCCC1C(=O)O. The van der Waals surface area contributed by atoms with Crippen LogP contribution in [-0.2, 0) is 14.4 Å². The van der Waals surface area contributed by atoms with Gasteiger partial charge in [-0.05, 0) is 19.3 Å². The molecule has 5 nitrogen and oxygen atoms in total. The second kappa shape index (κ2) is 4.23. The lowest BCUT2D eigenvalue weighted by atomic mass is 10.1. The Morgan fingerprint density at radius 3 is 2.69 bits per heavy atom. The second-order valence-corrected chi connectivity index (χ2v) is 3.07. The van der Waals surface area contributed by atoms with Crippen molar-refractivity contribution in [2.45, 2.75) is 32.2 Å². The molecule has 1 atom stereocenters. The molecule has 1 N–H and O–H groups in total. The third-order valence-corrected chi connectivity index (χ3v) is 1.98. The molecule has 0 aromatic heterocycles.